The number of anilines is 1. The molecule has 2 aromatic rings. The van der Waals surface area contributed by atoms with Crippen LogP contribution in [0.25, 0.3) is 0 Å². The molecule has 0 amide bonds. The molecule has 6 heteroatoms. The van der Waals surface area contributed by atoms with Gasteiger partial charge in [0.25, 0.3) is 0 Å². The van der Waals surface area contributed by atoms with Crippen LogP contribution in [0.4, 0.5) is 5.82 Å². The first-order valence-corrected chi connectivity index (χ1v) is 6.67. The van der Waals surface area contributed by atoms with Gasteiger partial charge in [-0.05, 0) is 46.7 Å². The topological polar surface area (TPSA) is 81.9 Å². The summed E-state index contributed by atoms with van der Waals surface area (Å²) in [6, 6.07) is 8.32. The fourth-order valence-corrected chi connectivity index (χ4v) is 2.21. The highest BCUT2D eigenvalue weighted by Crippen LogP contribution is 2.22. The molecule has 1 aromatic carbocycles. The summed E-state index contributed by atoms with van der Waals surface area (Å²) in [4.78, 5) is 0. The van der Waals surface area contributed by atoms with Crippen LogP contribution < -0.4 is 17.0 Å². The van der Waals surface area contributed by atoms with E-state index in [1.54, 1.807) is 10.9 Å². The number of hydrogen-bond acceptors (Lipinski definition) is 4. The summed E-state index contributed by atoms with van der Waals surface area (Å²) in [5.41, 5.74) is 10.9. The number of hydrogen-bond donors (Lipinski definition) is 3. The van der Waals surface area contributed by atoms with Crippen molar-refractivity contribution >= 4 is 28.4 Å². The second kappa shape index (κ2) is 5.68. The van der Waals surface area contributed by atoms with E-state index >= 15 is 0 Å². The Morgan fingerprint density at radius 3 is 2.56 bits per heavy atom. The van der Waals surface area contributed by atoms with Crippen molar-refractivity contribution in [2.75, 3.05) is 5.73 Å². The van der Waals surface area contributed by atoms with E-state index in [-0.39, 0.29) is 6.04 Å². The van der Waals surface area contributed by atoms with Gasteiger partial charge in [0, 0.05) is 16.2 Å². The highest BCUT2D eigenvalue weighted by Gasteiger charge is 2.16. The van der Waals surface area contributed by atoms with Gasteiger partial charge in [0.1, 0.15) is 5.82 Å². The van der Waals surface area contributed by atoms with E-state index in [0.29, 0.717) is 5.82 Å². The van der Waals surface area contributed by atoms with Gasteiger partial charge >= 0.3 is 0 Å². The molecule has 0 spiro atoms. The lowest BCUT2D eigenvalue weighted by Crippen LogP contribution is -2.30. The van der Waals surface area contributed by atoms with E-state index in [1.165, 1.54) is 9.13 Å². The van der Waals surface area contributed by atoms with Crippen molar-refractivity contribution in [1.82, 2.24) is 15.2 Å². The number of rotatable bonds is 4. The van der Waals surface area contributed by atoms with Gasteiger partial charge in [-0.15, -0.1) is 0 Å². The molecule has 0 aliphatic rings. The fourth-order valence-electron chi connectivity index (χ4n) is 1.85. The number of nitrogens with two attached hydrogens (primary N) is 2. The summed E-state index contributed by atoms with van der Waals surface area (Å²) in [5.74, 6) is 6.26. The first-order chi connectivity index (χ1) is 8.61. The average Bonchev–Trinajstić information content (AvgIpc) is 2.70. The average molecular weight is 357 g/mol. The van der Waals surface area contributed by atoms with Crippen LogP contribution in [0.3, 0.4) is 0 Å². The van der Waals surface area contributed by atoms with Crippen LogP contribution in [0.1, 0.15) is 17.2 Å². The molecule has 1 aromatic heterocycles. The molecular weight excluding hydrogens is 341 g/mol. The molecule has 0 radical (unpaired) electrons. The summed E-state index contributed by atoms with van der Waals surface area (Å²) < 4.78 is 2.86. The van der Waals surface area contributed by atoms with Crippen molar-refractivity contribution in [1.29, 1.82) is 0 Å². The van der Waals surface area contributed by atoms with Gasteiger partial charge < -0.3 is 5.73 Å². The van der Waals surface area contributed by atoms with Gasteiger partial charge in [-0.2, -0.15) is 5.10 Å². The number of halogens is 1. The summed E-state index contributed by atoms with van der Waals surface area (Å²) in [7, 11) is 1.82. The zero-order chi connectivity index (χ0) is 13.1. The maximum atomic E-state index is 5.96. The second-order valence-corrected chi connectivity index (χ2v) is 5.40. The Balaban J connectivity index is 2.19. The Bertz CT molecular complexity index is 520. The Hall–Kier alpha value is -1.12. The standard InChI is InChI=1S/C12H16IN5/c1-18-12(14)10(7-16-18)11(17-15)6-8-2-4-9(13)5-3-8/h2-5,7,11,17H,6,14-15H2,1H3. The van der Waals surface area contributed by atoms with Crippen LogP contribution in [0.5, 0.6) is 0 Å². The van der Waals surface area contributed by atoms with Crippen molar-refractivity contribution in [2.45, 2.75) is 12.5 Å². The predicted molar refractivity (Wildman–Crippen MR) is 80.5 cm³/mol. The SMILES string of the molecule is Cn1ncc(C(Cc2ccc(I)cc2)NN)c1N. The number of aryl methyl sites for hydroxylation is 1. The van der Waals surface area contributed by atoms with E-state index < -0.39 is 0 Å². The van der Waals surface area contributed by atoms with Crippen LogP contribution in [-0.4, -0.2) is 9.78 Å². The molecule has 1 atom stereocenters. The maximum absolute atomic E-state index is 5.96. The molecule has 0 bridgehead atoms. The van der Waals surface area contributed by atoms with Gasteiger partial charge in [-0.1, -0.05) is 12.1 Å². The minimum Gasteiger partial charge on any atom is -0.384 e. The predicted octanol–water partition coefficient (Wildman–Crippen LogP) is 1.35. The number of aromatic nitrogens is 2. The minimum absolute atomic E-state index is 0.0289. The first-order valence-electron chi connectivity index (χ1n) is 5.59. The number of nitrogens with zero attached hydrogens (tertiary/aromatic N) is 2. The van der Waals surface area contributed by atoms with E-state index in [4.69, 9.17) is 11.6 Å². The molecule has 2 rings (SSSR count). The van der Waals surface area contributed by atoms with Crippen LogP contribution in [0.2, 0.25) is 0 Å². The lowest BCUT2D eigenvalue weighted by Gasteiger charge is -2.15. The van der Waals surface area contributed by atoms with E-state index in [1.807, 2.05) is 7.05 Å². The number of nitrogens with one attached hydrogen (secondary N) is 1. The molecule has 0 saturated carbocycles. The Labute approximate surface area is 120 Å². The minimum atomic E-state index is -0.0289. The molecule has 0 saturated heterocycles. The highest BCUT2D eigenvalue weighted by molar-refractivity contribution is 14.1. The van der Waals surface area contributed by atoms with Gasteiger partial charge in [-0.25, -0.2) is 0 Å². The molecule has 5 nitrogen and oxygen atoms in total. The van der Waals surface area contributed by atoms with E-state index in [9.17, 15) is 0 Å². The van der Waals surface area contributed by atoms with Crippen LogP contribution >= 0.6 is 22.6 Å². The normalized spacial score (nSPS) is 12.6. The largest absolute Gasteiger partial charge is 0.384 e. The zero-order valence-electron chi connectivity index (χ0n) is 10.1. The zero-order valence-corrected chi connectivity index (χ0v) is 12.3. The number of benzene rings is 1. The maximum Gasteiger partial charge on any atom is 0.126 e. The number of nitrogen functional groups attached to an aromatic ring is 1. The lowest BCUT2D eigenvalue weighted by molar-refractivity contribution is 0.553. The smallest absolute Gasteiger partial charge is 0.126 e. The van der Waals surface area contributed by atoms with Crippen LogP contribution in [0, 0.1) is 3.57 Å². The summed E-state index contributed by atoms with van der Waals surface area (Å²) >= 11 is 2.29. The molecule has 18 heavy (non-hydrogen) atoms. The van der Waals surface area contributed by atoms with E-state index in [0.717, 1.165) is 12.0 Å². The van der Waals surface area contributed by atoms with Crippen molar-refractivity contribution < 1.29 is 0 Å². The monoisotopic (exact) mass is 357 g/mol. The van der Waals surface area contributed by atoms with E-state index in [2.05, 4.69) is 57.4 Å². The molecule has 96 valence electrons. The fraction of sp³-hybridized carbons (Fsp3) is 0.250. The van der Waals surface area contributed by atoms with Gasteiger partial charge in [0.05, 0.1) is 12.2 Å². The summed E-state index contributed by atoms with van der Waals surface area (Å²) in [6.45, 7) is 0. The van der Waals surface area contributed by atoms with Crippen molar-refractivity contribution in [3.05, 3.63) is 45.2 Å². The van der Waals surface area contributed by atoms with Crippen molar-refractivity contribution in [3.63, 3.8) is 0 Å². The van der Waals surface area contributed by atoms with Gasteiger partial charge in [0.15, 0.2) is 0 Å². The lowest BCUT2D eigenvalue weighted by atomic mass is 10.0. The molecule has 0 fully saturated rings. The molecule has 5 N–H and O–H groups in total. The molecule has 1 heterocycles. The third kappa shape index (κ3) is 2.82. The number of hydrazine groups is 1. The molecule has 1 unspecified atom stereocenters. The molecule has 0 aliphatic heterocycles. The van der Waals surface area contributed by atoms with Crippen LogP contribution in [0.15, 0.2) is 30.5 Å². The Morgan fingerprint density at radius 2 is 2.06 bits per heavy atom. The van der Waals surface area contributed by atoms with Gasteiger partial charge in [0.2, 0.25) is 0 Å². The first kappa shape index (κ1) is 13.3. The van der Waals surface area contributed by atoms with Crippen molar-refractivity contribution in [3.8, 4) is 0 Å². The molecule has 0 aliphatic carbocycles. The van der Waals surface area contributed by atoms with Crippen molar-refractivity contribution in [2.24, 2.45) is 12.9 Å². The Morgan fingerprint density at radius 1 is 1.39 bits per heavy atom. The highest BCUT2D eigenvalue weighted by atomic mass is 127. The summed E-state index contributed by atoms with van der Waals surface area (Å²) in [5, 5.41) is 4.14. The Kier molecular flexibility index (Phi) is 4.20. The quantitative estimate of drug-likeness (QED) is 0.438. The second-order valence-electron chi connectivity index (χ2n) is 4.16. The molecular formula is C12H16IN5. The third-order valence-corrected chi connectivity index (χ3v) is 3.66. The third-order valence-electron chi connectivity index (χ3n) is 2.94. The summed E-state index contributed by atoms with van der Waals surface area (Å²) in [6.07, 6.45) is 2.54. The van der Waals surface area contributed by atoms with Gasteiger partial charge in [-0.3, -0.25) is 16.0 Å². The van der Waals surface area contributed by atoms with Crippen LogP contribution in [-0.2, 0) is 13.5 Å².